The number of carboxylic acid groups (broad SMARTS) is 1. The average molecular weight is 234 g/mol. The maximum Gasteiger partial charge on any atom is 0.303 e. The van der Waals surface area contributed by atoms with Crippen molar-refractivity contribution >= 4 is 5.97 Å². The Kier molecular flexibility index (Phi) is 3.67. The van der Waals surface area contributed by atoms with Gasteiger partial charge in [-0.25, -0.2) is 0 Å². The third-order valence-electron chi connectivity index (χ3n) is 3.20. The van der Waals surface area contributed by atoms with Gasteiger partial charge in [0.05, 0.1) is 6.61 Å². The van der Waals surface area contributed by atoms with Crippen molar-refractivity contribution in [3.8, 4) is 5.75 Å². The molecule has 17 heavy (non-hydrogen) atoms. The van der Waals surface area contributed by atoms with Gasteiger partial charge in [0.2, 0.25) is 0 Å². The quantitative estimate of drug-likeness (QED) is 0.852. The van der Waals surface area contributed by atoms with E-state index in [2.05, 4.69) is 12.1 Å². The van der Waals surface area contributed by atoms with Crippen LogP contribution in [0.2, 0.25) is 0 Å². The lowest BCUT2D eigenvalue weighted by atomic mass is 9.97. The fourth-order valence-electron chi connectivity index (χ4n) is 2.21. The van der Waals surface area contributed by atoms with Crippen molar-refractivity contribution in [3.63, 3.8) is 0 Å². The summed E-state index contributed by atoms with van der Waals surface area (Å²) in [5, 5.41) is 8.69. The molecule has 1 N–H and O–H groups in total. The predicted molar refractivity (Wildman–Crippen MR) is 65.4 cm³/mol. The van der Waals surface area contributed by atoms with Crippen LogP contribution in [0.4, 0.5) is 0 Å². The van der Waals surface area contributed by atoms with E-state index in [9.17, 15) is 4.79 Å². The first-order valence-electron chi connectivity index (χ1n) is 6.11. The van der Waals surface area contributed by atoms with E-state index in [4.69, 9.17) is 9.84 Å². The summed E-state index contributed by atoms with van der Waals surface area (Å²) in [5.41, 5.74) is 2.57. The average Bonchev–Trinajstić information content (AvgIpc) is 2.72. The van der Waals surface area contributed by atoms with Crippen molar-refractivity contribution in [2.24, 2.45) is 5.92 Å². The normalized spacial score (nSPS) is 15.1. The predicted octanol–water partition coefficient (Wildman–Crippen LogP) is 2.66. The summed E-state index contributed by atoms with van der Waals surface area (Å²) in [4.78, 5) is 10.6. The molecular weight excluding hydrogens is 216 g/mol. The zero-order chi connectivity index (χ0) is 12.3. The van der Waals surface area contributed by atoms with Gasteiger partial charge in [0.15, 0.2) is 0 Å². The first kappa shape index (κ1) is 12.0. The van der Waals surface area contributed by atoms with E-state index in [1.54, 1.807) is 0 Å². The largest absolute Gasteiger partial charge is 0.493 e. The Bertz CT molecular complexity index is 412. The van der Waals surface area contributed by atoms with Gasteiger partial charge in [0.25, 0.3) is 0 Å². The highest BCUT2D eigenvalue weighted by Gasteiger charge is 2.13. The summed E-state index contributed by atoms with van der Waals surface area (Å²) >= 11 is 0. The number of benzene rings is 1. The molecule has 1 atom stereocenters. The second kappa shape index (κ2) is 5.21. The van der Waals surface area contributed by atoms with Crippen molar-refractivity contribution in [3.05, 3.63) is 29.3 Å². The number of hydrogen-bond acceptors (Lipinski definition) is 2. The molecule has 0 saturated carbocycles. The van der Waals surface area contributed by atoms with Crippen LogP contribution < -0.4 is 4.74 Å². The molecule has 0 aliphatic carbocycles. The summed E-state index contributed by atoms with van der Waals surface area (Å²) < 4.78 is 5.45. The first-order chi connectivity index (χ1) is 8.15. The standard InChI is InChI=1S/C14H18O3/c1-10(8-14(15)16)2-3-11-4-5-13-12(9-11)6-7-17-13/h4-5,9-10H,2-3,6-8H2,1H3,(H,15,16). The van der Waals surface area contributed by atoms with Crippen molar-refractivity contribution in [2.45, 2.75) is 32.6 Å². The molecule has 2 rings (SSSR count). The number of carbonyl (C=O) groups is 1. The summed E-state index contributed by atoms with van der Waals surface area (Å²) in [6, 6.07) is 6.30. The van der Waals surface area contributed by atoms with Crippen LogP contribution in [0.15, 0.2) is 18.2 Å². The minimum atomic E-state index is -0.708. The lowest BCUT2D eigenvalue weighted by molar-refractivity contribution is -0.138. The van der Waals surface area contributed by atoms with Gasteiger partial charge in [-0.3, -0.25) is 4.79 Å². The summed E-state index contributed by atoms with van der Waals surface area (Å²) in [6.45, 7) is 2.78. The Morgan fingerprint density at radius 2 is 2.35 bits per heavy atom. The molecule has 0 spiro atoms. The van der Waals surface area contributed by atoms with Gasteiger partial charge in [-0.1, -0.05) is 19.1 Å². The maximum atomic E-state index is 10.6. The van der Waals surface area contributed by atoms with Crippen LogP contribution in [-0.4, -0.2) is 17.7 Å². The number of aliphatic carboxylic acids is 1. The van der Waals surface area contributed by atoms with E-state index in [0.717, 1.165) is 31.6 Å². The van der Waals surface area contributed by atoms with Crippen LogP contribution in [0.5, 0.6) is 5.75 Å². The van der Waals surface area contributed by atoms with Crippen LogP contribution in [0.3, 0.4) is 0 Å². The number of fused-ring (bicyclic) bond motifs is 1. The molecule has 1 aromatic rings. The Morgan fingerprint density at radius 1 is 1.53 bits per heavy atom. The minimum absolute atomic E-state index is 0.233. The van der Waals surface area contributed by atoms with Crippen LogP contribution in [-0.2, 0) is 17.6 Å². The Labute approximate surface area is 101 Å². The number of hydrogen-bond donors (Lipinski definition) is 1. The van der Waals surface area contributed by atoms with E-state index in [1.165, 1.54) is 11.1 Å². The van der Waals surface area contributed by atoms with Crippen molar-refractivity contribution in [1.82, 2.24) is 0 Å². The van der Waals surface area contributed by atoms with Crippen LogP contribution >= 0.6 is 0 Å². The highest BCUT2D eigenvalue weighted by Crippen LogP contribution is 2.26. The van der Waals surface area contributed by atoms with Crippen LogP contribution in [0, 0.1) is 5.92 Å². The molecule has 0 bridgehead atoms. The van der Waals surface area contributed by atoms with Crippen molar-refractivity contribution in [2.75, 3.05) is 6.61 Å². The van der Waals surface area contributed by atoms with E-state index >= 15 is 0 Å². The molecule has 3 heteroatoms. The van der Waals surface area contributed by atoms with Gasteiger partial charge in [-0.2, -0.15) is 0 Å². The molecule has 92 valence electrons. The number of carboxylic acids is 1. The number of ether oxygens (including phenoxy) is 1. The molecule has 1 aromatic carbocycles. The van der Waals surface area contributed by atoms with Crippen molar-refractivity contribution in [1.29, 1.82) is 0 Å². The van der Waals surface area contributed by atoms with Crippen LogP contribution in [0.1, 0.15) is 30.9 Å². The fourth-order valence-corrected chi connectivity index (χ4v) is 2.21. The molecular formula is C14H18O3. The van der Waals surface area contributed by atoms with Gasteiger partial charge < -0.3 is 9.84 Å². The molecule has 3 nitrogen and oxygen atoms in total. The lowest BCUT2D eigenvalue weighted by Crippen LogP contribution is -2.05. The second-order valence-electron chi connectivity index (χ2n) is 4.78. The van der Waals surface area contributed by atoms with Gasteiger partial charge in [-0.05, 0) is 36.0 Å². The van der Waals surface area contributed by atoms with Gasteiger partial charge in [0, 0.05) is 12.8 Å². The Balaban J connectivity index is 1.89. The van der Waals surface area contributed by atoms with E-state index < -0.39 is 5.97 Å². The molecule has 1 aliphatic heterocycles. The topological polar surface area (TPSA) is 46.5 Å². The third kappa shape index (κ3) is 3.22. The molecule has 0 amide bonds. The molecule has 1 heterocycles. The van der Waals surface area contributed by atoms with E-state index in [1.807, 2.05) is 13.0 Å². The minimum Gasteiger partial charge on any atom is -0.493 e. The molecule has 0 radical (unpaired) electrons. The second-order valence-corrected chi connectivity index (χ2v) is 4.78. The zero-order valence-electron chi connectivity index (χ0n) is 10.1. The Morgan fingerprint density at radius 3 is 3.12 bits per heavy atom. The Hall–Kier alpha value is -1.51. The number of rotatable bonds is 5. The molecule has 0 aromatic heterocycles. The molecule has 1 unspecified atom stereocenters. The highest BCUT2D eigenvalue weighted by atomic mass is 16.5. The van der Waals surface area contributed by atoms with Crippen molar-refractivity contribution < 1.29 is 14.6 Å². The van der Waals surface area contributed by atoms with Crippen LogP contribution in [0.25, 0.3) is 0 Å². The SMILES string of the molecule is CC(CCc1ccc2c(c1)CCO2)CC(=O)O. The zero-order valence-corrected chi connectivity index (χ0v) is 10.1. The molecule has 0 saturated heterocycles. The highest BCUT2D eigenvalue weighted by molar-refractivity contribution is 5.66. The van der Waals surface area contributed by atoms with Gasteiger partial charge in [-0.15, -0.1) is 0 Å². The summed E-state index contributed by atoms with van der Waals surface area (Å²) in [5.74, 6) is 0.532. The van der Waals surface area contributed by atoms with E-state index in [-0.39, 0.29) is 12.3 Å². The maximum absolute atomic E-state index is 10.6. The smallest absolute Gasteiger partial charge is 0.303 e. The first-order valence-corrected chi connectivity index (χ1v) is 6.11. The molecule has 0 fully saturated rings. The fraction of sp³-hybridized carbons (Fsp3) is 0.500. The summed E-state index contributed by atoms with van der Waals surface area (Å²) in [7, 11) is 0. The number of aryl methyl sites for hydroxylation is 1. The van der Waals surface area contributed by atoms with Gasteiger partial charge in [0.1, 0.15) is 5.75 Å². The lowest BCUT2D eigenvalue weighted by Gasteiger charge is -2.09. The molecule has 1 aliphatic rings. The van der Waals surface area contributed by atoms with Gasteiger partial charge >= 0.3 is 5.97 Å². The monoisotopic (exact) mass is 234 g/mol. The third-order valence-corrected chi connectivity index (χ3v) is 3.20. The summed E-state index contributed by atoms with van der Waals surface area (Å²) in [6.07, 6.45) is 3.12. The van der Waals surface area contributed by atoms with E-state index in [0.29, 0.717) is 0 Å².